The lowest BCUT2D eigenvalue weighted by atomic mass is 10.2. The normalized spacial score (nSPS) is 10.1. The molecule has 6 heteroatoms. The molecule has 1 aromatic carbocycles. The molecule has 1 rings (SSSR count). The second kappa shape index (κ2) is 6.32. The van der Waals surface area contributed by atoms with Crippen LogP contribution in [-0.2, 0) is 11.3 Å². The van der Waals surface area contributed by atoms with Crippen LogP contribution in [0.1, 0.15) is 5.56 Å². The molecule has 3 N–H and O–H groups in total. The van der Waals surface area contributed by atoms with E-state index in [0.717, 1.165) is 5.56 Å². The van der Waals surface area contributed by atoms with Crippen molar-refractivity contribution in [2.75, 3.05) is 20.8 Å². The summed E-state index contributed by atoms with van der Waals surface area (Å²) in [6.07, 6.45) is 0. The molecule has 0 aliphatic heterocycles. The van der Waals surface area contributed by atoms with Gasteiger partial charge in [0.1, 0.15) is 0 Å². The lowest BCUT2D eigenvalue weighted by molar-refractivity contribution is -0.119. The average Bonchev–Trinajstić information content (AvgIpc) is 2.27. The topological polar surface area (TPSA) is 73.6 Å². The highest BCUT2D eigenvalue weighted by atomic mass is 35.5. The van der Waals surface area contributed by atoms with Crippen molar-refractivity contribution in [3.63, 3.8) is 0 Å². The van der Waals surface area contributed by atoms with Crippen molar-refractivity contribution in [1.29, 1.82) is 0 Å². The van der Waals surface area contributed by atoms with Crippen molar-refractivity contribution in [3.8, 4) is 11.5 Å². The van der Waals surface area contributed by atoms with Crippen molar-refractivity contribution in [3.05, 3.63) is 22.7 Å². The maximum Gasteiger partial charge on any atom is 0.255 e. The van der Waals surface area contributed by atoms with Crippen LogP contribution in [0.2, 0.25) is 5.02 Å². The van der Waals surface area contributed by atoms with Gasteiger partial charge < -0.3 is 20.5 Å². The van der Waals surface area contributed by atoms with E-state index >= 15 is 0 Å². The van der Waals surface area contributed by atoms with Crippen LogP contribution in [0, 0.1) is 0 Å². The number of rotatable bonds is 6. The van der Waals surface area contributed by atoms with Gasteiger partial charge in [-0.3, -0.25) is 4.79 Å². The van der Waals surface area contributed by atoms with Gasteiger partial charge in [-0.05, 0) is 24.7 Å². The fourth-order valence-corrected chi connectivity index (χ4v) is 1.65. The summed E-state index contributed by atoms with van der Waals surface area (Å²) >= 11 is 6.05. The Morgan fingerprint density at radius 3 is 2.76 bits per heavy atom. The molecule has 0 saturated carbocycles. The van der Waals surface area contributed by atoms with Crippen LogP contribution in [0.15, 0.2) is 12.1 Å². The van der Waals surface area contributed by atoms with Crippen molar-refractivity contribution < 1.29 is 14.3 Å². The monoisotopic (exact) mass is 258 g/mol. The minimum Gasteiger partial charge on any atom is -0.493 e. The molecule has 1 amide bonds. The van der Waals surface area contributed by atoms with Crippen LogP contribution in [0.5, 0.6) is 11.5 Å². The number of halogens is 1. The van der Waals surface area contributed by atoms with Gasteiger partial charge in [0.2, 0.25) is 0 Å². The van der Waals surface area contributed by atoms with Gasteiger partial charge in [-0.25, -0.2) is 0 Å². The van der Waals surface area contributed by atoms with Gasteiger partial charge in [0, 0.05) is 6.54 Å². The minimum absolute atomic E-state index is 0.235. The molecule has 94 valence electrons. The Morgan fingerprint density at radius 1 is 1.53 bits per heavy atom. The zero-order valence-electron chi connectivity index (χ0n) is 9.75. The summed E-state index contributed by atoms with van der Waals surface area (Å²) in [4.78, 5) is 10.7. The average molecular weight is 259 g/mol. The number of methoxy groups -OCH3 is 1. The molecular weight excluding hydrogens is 244 g/mol. The first-order valence-corrected chi connectivity index (χ1v) is 5.38. The third-order valence-corrected chi connectivity index (χ3v) is 2.31. The van der Waals surface area contributed by atoms with Crippen molar-refractivity contribution in [2.45, 2.75) is 6.54 Å². The van der Waals surface area contributed by atoms with Gasteiger partial charge in [-0.15, -0.1) is 0 Å². The van der Waals surface area contributed by atoms with Gasteiger partial charge in [0.05, 0.1) is 12.1 Å². The molecule has 0 aliphatic carbocycles. The van der Waals surface area contributed by atoms with E-state index in [9.17, 15) is 4.79 Å². The SMILES string of the molecule is CNCc1cc(Cl)c(OCC(N)=O)c(OC)c1. The smallest absolute Gasteiger partial charge is 0.255 e. The molecule has 0 saturated heterocycles. The van der Waals surface area contributed by atoms with Gasteiger partial charge >= 0.3 is 0 Å². The fourth-order valence-electron chi connectivity index (χ4n) is 1.36. The quantitative estimate of drug-likeness (QED) is 0.796. The minimum atomic E-state index is -0.567. The molecule has 0 aliphatic rings. The Balaban J connectivity index is 2.98. The first-order valence-electron chi connectivity index (χ1n) is 5.00. The third-order valence-electron chi connectivity index (χ3n) is 2.03. The van der Waals surface area contributed by atoms with E-state index in [2.05, 4.69) is 5.32 Å². The Kier molecular flexibility index (Phi) is 5.06. The first-order chi connectivity index (χ1) is 8.08. The number of nitrogens with two attached hydrogens (primary N) is 1. The number of nitrogens with one attached hydrogen (secondary N) is 1. The summed E-state index contributed by atoms with van der Waals surface area (Å²) in [7, 11) is 3.34. The molecule has 0 atom stereocenters. The second-order valence-corrected chi connectivity index (χ2v) is 3.80. The van der Waals surface area contributed by atoms with Gasteiger partial charge in [0.15, 0.2) is 18.1 Å². The second-order valence-electron chi connectivity index (χ2n) is 3.39. The summed E-state index contributed by atoms with van der Waals surface area (Å²) in [5, 5.41) is 3.39. The van der Waals surface area contributed by atoms with Crippen LogP contribution in [0.4, 0.5) is 0 Å². The molecule has 5 nitrogen and oxygen atoms in total. The third kappa shape index (κ3) is 3.80. The maximum atomic E-state index is 10.7. The number of hydrogen-bond donors (Lipinski definition) is 2. The van der Waals surface area contributed by atoms with Crippen molar-refractivity contribution >= 4 is 17.5 Å². The Bertz CT molecular complexity index is 410. The summed E-state index contributed by atoms with van der Waals surface area (Å²) < 4.78 is 10.4. The van der Waals surface area contributed by atoms with E-state index < -0.39 is 5.91 Å². The highest BCUT2D eigenvalue weighted by molar-refractivity contribution is 6.32. The van der Waals surface area contributed by atoms with E-state index in [-0.39, 0.29) is 6.61 Å². The standard InChI is InChI=1S/C11H15ClN2O3/c1-14-5-7-3-8(12)11(9(4-7)16-2)17-6-10(13)15/h3-4,14H,5-6H2,1-2H3,(H2,13,15). The number of carbonyl (C=O) groups excluding carboxylic acids is 1. The number of ether oxygens (including phenoxy) is 2. The fraction of sp³-hybridized carbons (Fsp3) is 0.364. The zero-order chi connectivity index (χ0) is 12.8. The molecule has 0 unspecified atom stereocenters. The first kappa shape index (κ1) is 13.6. The largest absolute Gasteiger partial charge is 0.493 e. The van der Waals surface area contributed by atoms with Crippen molar-refractivity contribution in [1.82, 2.24) is 5.32 Å². The van der Waals surface area contributed by atoms with Crippen LogP contribution in [0.3, 0.4) is 0 Å². The summed E-state index contributed by atoms with van der Waals surface area (Å²) in [6, 6.07) is 3.54. The highest BCUT2D eigenvalue weighted by Crippen LogP contribution is 2.36. The van der Waals surface area contributed by atoms with Crippen LogP contribution < -0.4 is 20.5 Å². The lowest BCUT2D eigenvalue weighted by Gasteiger charge is -2.13. The van der Waals surface area contributed by atoms with Gasteiger partial charge in [-0.1, -0.05) is 11.6 Å². The number of benzene rings is 1. The van der Waals surface area contributed by atoms with E-state index in [1.807, 2.05) is 7.05 Å². The van der Waals surface area contributed by atoms with E-state index in [1.54, 1.807) is 12.1 Å². The number of primary amides is 1. The summed E-state index contributed by atoms with van der Waals surface area (Å²) in [5.41, 5.74) is 5.96. The van der Waals surface area contributed by atoms with E-state index in [4.69, 9.17) is 26.8 Å². The lowest BCUT2D eigenvalue weighted by Crippen LogP contribution is -2.20. The van der Waals surface area contributed by atoms with E-state index in [1.165, 1.54) is 7.11 Å². The van der Waals surface area contributed by atoms with Gasteiger partial charge in [0.25, 0.3) is 5.91 Å². The number of carbonyl (C=O) groups is 1. The summed E-state index contributed by atoms with van der Waals surface area (Å²) in [6.45, 7) is 0.424. The molecular formula is C11H15ClN2O3. The molecule has 0 aromatic heterocycles. The molecule has 0 radical (unpaired) electrons. The molecule has 0 bridgehead atoms. The Labute approximate surface area is 105 Å². The van der Waals surface area contributed by atoms with E-state index in [0.29, 0.717) is 23.1 Å². The maximum absolute atomic E-state index is 10.7. The predicted molar refractivity (Wildman–Crippen MR) is 65.5 cm³/mol. The summed E-state index contributed by atoms with van der Waals surface area (Å²) in [5.74, 6) is 0.235. The predicted octanol–water partition coefficient (Wildman–Crippen LogP) is 0.932. The Morgan fingerprint density at radius 2 is 2.24 bits per heavy atom. The van der Waals surface area contributed by atoms with Crippen LogP contribution in [-0.4, -0.2) is 26.7 Å². The molecule has 1 aromatic rings. The molecule has 0 heterocycles. The van der Waals surface area contributed by atoms with Crippen LogP contribution in [0.25, 0.3) is 0 Å². The molecule has 17 heavy (non-hydrogen) atoms. The zero-order valence-corrected chi connectivity index (χ0v) is 10.5. The van der Waals surface area contributed by atoms with Gasteiger partial charge in [-0.2, -0.15) is 0 Å². The molecule has 0 fully saturated rings. The van der Waals surface area contributed by atoms with Crippen molar-refractivity contribution in [2.24, 2.45) is 5.73 Å². The number of hydrogen-bond acceptors (Lipinski definition) is 4. The Hall–Kier alpha value is -1.46. The van der Waals surface area contributed by atoms with Crippen LogP contribution >= 0.6 is 11.6 Å². The molecule has 0 spiro atoms. The number of amides is 1. The highest BCUT2D eigenvalue weighted by Gasteiger charge is 2.12.